The van der Waals surface area contributed by atoms with Gasteiger partial charge in [-0.15, -0.1) is 0 Å². The third kappa shape index (κ3) is 2.84. The average Bonchev–Trinajstić information content (AvgIpc) is 3.27. The molecule has 1 heterocycles. The fraction of sp³-hybridized carbons (Fsp3) is 0.688. The Labute approximate surface area is 120 Å². The van der Waals surface area contributed by atoms with Gasteiger partial charge in [-0.1, -0.05) is 13.8 Å². The minimum absolute atomic E-state index is 0.178. The van der Waals surface area contributed by atoms with Gasteiger partial charge >= 0.3 is 0 Å². The number of hydrogen-bond acceptors (Lipinski definition) is 2. The number of anilines is 1. The van der Waals surface area contributed by atoms with Crippen LogP contribution in [0.4, 0.5) is 5.69 Å². The Hall–Kier alpha value is -1.45. The Bertz CT molecular complexity index is 498. The van der Waals surface area contributed by atoms with E-state index in [1.165, 1.54) is 12.8 Å². The monoisotopic (exact) mass is 275 g/mol. The second-order valence-electron chi connectivity index (χ2n) is 6.71. The second-order valence-corrected chi connectivity index (χ2v) is 6.71. The van der Waals surface area contributed by atoms with Gasteiger partial charge in [-0.2, -0.15) is 0 Å². The normalized spacial score (nSPS) is 18.6. The SMILES string of the molecule is CC(C)CCN(C(=O)c1cc(N)cn1C1CC1)C1CC1. The van der Waals surface area contributed by atoms with Gasteiger partial charge in [0.25, 0.3) is 5.91 Å². The van der Waals surface area contributed by atoms with E-state index in [1.54, 1.807) is 0 Å². The van der Waals surface area contributed by atoms with Crippen molar-refractivity contribution in [3.8, 4) is 0 Å². The molecule has 0 aliphatic heterocycles. The first-order chi connectivity index (χ1) is 9.56. The summed E-state index contributed by atoms with van der Waals surface area (Å²) >= 11 is 0. The van der Waals surface area contributed by atoms with Crippen LogP contribution in [0.5, 0.6) is 0 Å². The van der Waals surface area contributed by atoms with Crippen LogP contribution < -0.4 is 5.73 Å². The molecule has 2 fully saturated rings. The van der Waals surface area contributed by atoms with Crippen LogP contribution in [0, 0.1) is 5.92 Å². The smallest absolute Gasteiger partial charge is 0.270 e. The first-order valence-corrected chi connectivity index (χ1v) is 7.84. The molecule has 1 aromatic rings. The Morgan fingerprint density at radius 3 is 2.65 bits per heavy atom. The van der Waals surface area contributed by atoms with E-state index in [0.717, 1.165) is 31.5 Å². The zero-order valence-electron chi connectivity index (χ0n) is 12.5. The molecule has 1 amide bonds. The van der Waals surface area contributed by atoms with Crippen molar-refractivity contribution in [2.24, 2.45) is 5.92 Å². The van der Waals surface area contributed by atoms with Crippen molar-refractivity contribution in [1.29, 1.82) is 0 Å². The highest BCUT2D eigenvalue weighted by atomic mass is 16.2. The van der Waals surface area contributed by atoms with Gasteiger partial charge in [-0.25, -0.2) is 0 Å². The molecular formula is C16H25N3O. The molecule has 4 heteroatoms. The Morgan fingerprint density at radius 2 is 2.10 bits per heavy atom. The summed E-state index contributed by atoms with van der Waals surface area (Å²) in [6, 6.07) is 2.81. The number of nitrogens with zero attached hydrogens (tertiary/aromatic N) is 2. The van der Waals surface area contributed by atoms with Crippen molar-refractivity contribution in [3.63, 3.8) is 0 Å². The Balaban J connectivity index is 1.78. The summed E-state index contributed by atoms with van der Waals surface area (Å²) in [5.41, 5.74) is 7.41. The van der Waals surface area contributed by atoms with Crippen LogP contribution in [-0.4, -0.2) is 28.0 Å². The van der Waals surface area contributed by atoms with E-state index < -0.39 is 0 Å². The Kier molecular flexibility index (Phi) is 3.48. The molecule has 110 valence electrons. The maximum Gasteiger partial charge on any atom is 0.270 e. The van der Waals surface area contributed by atoms with Crippen molar-refractivity contribution in [2.75, 3.05) is 12.3 Å². The molecule has 0 bridgehead atoms. The molecule has 4 nitrogen and oxygen atoms in total. The van der Waals surface area contributed by atoms with Crippen LogP contribution in [0.2, 0.25) is 0 Å². The summed E-state index contributed by atoms with van der Waals surface area (Å²) in [6.07, 6.45) is 7.65. The Morgan fingerprint density at radius 1 is 1.40 bits per heavy atom. The largest absolute Gasteiger partial charge is 0.397 e. The van der Waals surface area contributed by atoms with Crippen LogP contribution >= 0.6 is 0 Å². The minimum atomic E-state index is 0.178. The lowest BCUT2D eigenvalue weighted by atomic mass is 10.1. The van der Waals surface area contributed by atoms with Crippen molar-refractivity contribution in [3.05, 3.63) is 18.0 Å². The van der Waals surface area contributed by atoms with Crippen molar-refractivity contribution in [2.45, 2.75) is 58.0 Å². The van der Waals surface area contributed by atoms with Gasteiger partial charge in [0, 0.05) is 24.8 Å². The molecule has 2 aliphatic rings. The lowest BCUT2D eigenvalue weighted by Crippen LogP contribution is -2.35. The van der Waals surface area contributed by atoms with Crippen LogP contribution in [-0.2, 0) is 0 Å². The fourth-order valence-corrected chi connectivity index (χ4v) is 2.71. The molecule has 0 saturated heterocycles. The molecule has 3 rings (SSSR count). The van der Waals surface area contributed by atoms with Crippen molar-refractivity contribution in [1.82, 2.24) is 9.47 Å². The molecule has 0 aromatic carbocycles. The lowest BCUT2D eigenvalue weighted by Gasteiger charge is -2.24. The fourth-order valence-electron chi connectivity index (χ4n) is 2.71. The molecule has 0 spiro atoms. The molecule has 0 radical (unpaired) electrons. The van der Waals surface area contributed by atoms with Gasteiger partial charge in [0.2, 0.25) is 0 Å². The van der Waals surface area contributed by atoms with Crippen LogP contribution in [0.1, 0.15) is 62.5 Å². The van der Waals surface area contributed by atoms with E-state index in [9.17, 15) is 4.79 Å². The van der Waals surface area contributed by atoms with E-state index in [2.05, 4.69) is 23.3 Å². The first kappa shape index (κ1) is 13.5. The van der Waals surface area contributed by atoms with Gasteiger partial charge in [0.1, 0.15) is 5.69 Å². The quantitative estimate of drug-likeness (QED) is 0.867. The number of carbonyl (C=O) groups is 1. The number of aromatic nitrogens is 1. The summed E-state index contributed by atoms with van der Waals surface area (Å²) in [7, 11) is 0. The second kappa shape index (κ2) is 5.15. The summed E-state index contributed by atoms with van der Waals surface area (Å²) in [5.74, 6) is 0.807. The maximum atomic E-state index is 12.9. The van der Waals surface area contributed by atoms with E-state index in [-0.39, 0.29) is 5.91 Å². The molecule has 1 aromatic heterocycles. The predicted molar refractivity (Wildman–Crippen MR) is 80.6 cm³/mol. The highest BCUT2D eigenvalue weighted by Crippen LogP contribution is 2.38. The van der Waals surface area contributed by atoms with Gasteiger partial charge in [-0.3, -0.25) is 4.79 Å². The molecule has 0 atom stereocenters. The van der Waals surface area contributed by atoms with E-state index >= 15 is 0 Å². The number of hydrogen-bond donors (Lipinski definition) is 1. The van der Waals surface area contributed by atoms with Crippen LogP contribution in [0.25, 0.3) is 0 Å². The third-order valence-electron chi connectivity index (χ3n) is 4.22. The predicted octanol–water partition coefficient (Wildman–Crippen LogP) is 3.06. The topological polar surface area (TPSA) is 51.3 Å². The molecule has 2 saturated carbocycles. The lowest BCUT2D eigenvalue weighted by molar-refractivity contribution is 0.0724. The van der Waals surface area contributed by atoms with E-state index in [4.69, 9.17) is 5.73 Å². The minimum Gasteiger partial charge on any atom is -0.397 e. The zero-order valence-corrected chi connectivity index (χ0v) is 12.5. The van der Waals surface area contributed by atoms with E-state index in [1.807, 2.05) is 12.3 Å². The highest BCUT2D eigenvalue weighted by molar-refractivity contribution is 5.94. The summed E-state index contributed by atoms with van der Waals surface area (Å²) in [4.78, 5) is 14.9. The number of amides is 1. The summed E-state index contributed by atoms with van der Waals surface area (Å²) < 4.78 is 2.10. The van der Waals surface area contributed by atoms with Crippen LogP contribution in [0.15, 0.2) is 12.3 Å². The number of rotatable bonds is 6. The number of nitrogens with two attached hydrogens (primary N) is 1. The molecule has 0 unspecified atom stereocenters. The molecular weight excluding hydrogens is 250 g/mol. The standard InChI is InChI=1S/C16H25N3O/c1-11(2)7-8-18(13-3-4-13)16(20)15-9-12(17)10-19(15)14-5-6-14/h9-11,13-14H,3-8,17H2,1-2H3. The molecule has 20 heavy (non-hydrogen) atoms. The highest BCUT2D eigenvalue weighted by Gasteiger charge is 2.35. The number of nitrogen functional groups attached to an aromatic ring is 1. The van der Waals surface area contributed by atoms with Crippen molar-refractivity contribution < 1.29 is 4.79 Å². The van der Waals surface area contributed by atoms with Gasteiger partial charge in [0.15, 0.2) is 0 Å². The maximum absolute atomic E-state index is 12.9. The summed E-state index contributed by atoms with van der Waals surface area (Å²) in [5, 5.41) is 0. The van der Waals surface area contributed by atoms with E-state index in [0.29, 0.717) is 23.7 Å². The van der Waals surface area contributed by atoms with Crippen LogP contribution in [0.3, 0.4) is 0 Å². The molecule has 2 N–H and O–H groups in total. The average molecular weight is 275 g/mol. The third-order valence-corrected chi connectivity index (χ3v) is 4.22. The van der Waals surface area contributed by atoms with Gasteiger partial charge in [0.05, 0.1) is 5.69 Å². The molecule has 2 aliphatic carbocycles. The van der Waals surface area contributed by atoms with Gasteiger partial charge < -0.3 is 15.2 Å². The van der Waals surface area contributed by atoms with Crippen molar-refractivity contribution >= 4 is 11.6 Å². The van der Waals surface area contributed by atoms with Gasteiger partial charge in [-0.05, 0) is 44.1 Å². The number of carbonyl (C=O) groups excluding carboxylic acids is 1. The summed E-state index contributed by atoms with van der Waals surface area (Å²) in [6.45, 7) is 5.29. The zero-order chi connectivity index (χ0) is 14.3. The first-order valence-electron chi connectivity index (χ1n) is 7.84.